The third-order valence-corrected chi connectivity index (χ3v) is 2.54. The Hall–Kier alpha value is -1.27. The van der Waals surface area contributed by atoms with E-state index in [1.807, 2.05) is 13.8 Å². The number of aromatic hydroxyl groups is 2. The predicted octanol–water partition coefficient (Wildman–Crippen LogP) is 2.23. The molecular weight excluding hydrogens is 290 g/mol. The van der Waals surface area contributed by atoms with E-state index in [1.165, 1.54) is 19.2 Å². The van der Waals surface area contributed by atoms with Crippen molar-refractivity contribution in [3.05, 3.63) is 22.2 Å². The smallest absolute Gasteiger partial charge is 0.325 e. The second-order valence-electron chi connectivity index (χ2n) is 2.93. The monoisotopic (exact) mass is 305 g/mol. The summed E-state index contributed by atoms with van der Waals surface area (Å²) in [4.78, 5) is 10.8. The molecule has 96 valence electrons. The maximum atomic E-state index is 10.8. The second kappa shape index (κ2) is 7.13. The number of phenolic OH excluding ortho intramolecular Hbond substituents is 2. The van der Waals surface area contributed by atoms with Gasteiger partial charge in [-0.3, -0.25) is 4.79 Å². The molecule has 1 atom stereocenters. The van der Waals surface area contributed by atoms with Crippen LogP contribution in [0.4, 0.5) is 0 Å². The minimum absolute atomic E-state index is 0.249. The van der Waals surface area contributed by atoms with E-state index in [2.05, 4.69) is 21.2 Å². The highest BCUT2D eigenvalue weighted by atomic mass is 79.9. The van der Waals surface area contributed by atoms with Gasteiger partial charge in [0.1, 0.15) is 6.04 Å². The van der Waals surface area contributed by atoms with Crippen LogP contribution in [0.5, 0.6) is 11.5 Å². The molecule has 1 aromatic rings. The van der Waals surface area contributed by atoms with Crippen LogP contribution in [0.2, 0.25) is 0 Å². The number of rotatable bonds is 3. The van der Waals surface area contributed by atoms with Crippen molar-refractivity contribution >= 4 is 21.9 Å². The Labute approximate surface area is 108 Å². The van der Waals surface area contributed by atoms with Crippen molar-refractivity contribution in [3.8, 4) is 11.5 Å². The molecule has 0 saturated carbocycles. The molecule has 0 aliphatic carbocycles. The first-order chi connectivity index (χ1) is 7.97. The van der Waals surface area contributed by atoms with E-state index in [9.17, 15) is 15.0 Å². The largest absolute Gasteiger partial charge is 0.504 e. The van der Waals surface area contributed by atoms with Crippen molar-refractivity contribution in [2.45, 2.75) is 19.9 Å². The quantitative estimate of drug-likeness (QED) is 0.643. The molecule has 0 aliphatic rings. The van der Waals surface area contributed by atoms with E-state index in [1.54, 1.807) is 0 Å². The van der Waals surface area contributed by atoms with E-state index in [-0.39, 0.29) is 16.0 Å². The molecule has 0 aromatic heterocycles. The summed E-state index contributed by atoms with van der Waals surface area (Å²) in [6.45, 7) is 4.00. The fourth-order valence-corrected chi connectivity index (χ4v) is 1.67. The van der Waals surface area contributed by atoms with Crippen LogP contribution in [-0.2, 0) is 4.79 Å². The molecule has 1 rings (SSSR count). The number of benzene rings is 1. The van der Waals surface area contributed by atoms with Crippen LogP contribution < -0.4 is 5.32 Å². The number of nitrogens with one attached hydrogen (secondary N) is 1. The lowest BCUT2D eigenvalue weighted by Crippen LogP contribution is -2.24. The maximum absolute atomic E-state index is 10.8. The van der Waals surface area contributed by atoms with Gasteiger partial charge in [0.25, 0.3) is 0 Å². The first-order valence-electron chi connectivity index (χ1n) is 5.08. The standard InChI is InChI=1S/C9H10BrNO4.C2H6/c1-11-7(9(14)15)4-2-5(10)8(13)6(12)3-4;1-2/h2-3,7,11-13H,1H3,(H,14,15);1-2H3. The first kappa shape index (κ1) is 15.7. The lowest BCUT2D eigenvalue weighted by atomic mass is 10.1. The van der Waals surface area contributed by atoms with Gasteiger partial charge in [-0.05, 0) is 40.7 Å². The topological polar surface area (TPSA) is 89.8 Å². The molecule has 0 aliphatic heterocycles. The van der Waals surface area contributed by atoms with Crippen molar-refractivity contribution in [2.75, 3.05) is 7.05 Å². The van der Waals surface area contributed by atoms with Gasteiger partial charge in [-0.1, -0.05) is 13.8 Å². The average Bonchev–Trinajstić information content (AvgIpc) is 2.29. The van der Waals surface area contributed by atoms with Crippen LogP contribution in [0.25, 0.3) is 0 Å². The summed E-state index contributed by atoms with van der Waals surface area (Å²) >= 11 is 3.01. The van der Waals surface area contributed by atoms with Crippen LogP contribution >= 0.6 is 15.9 Å². The summed E-state index contributed by atoms with van der Waals surface area (Å²) in [7, 11) is 1.50. The number of carboxylic acids is 1. The van der Waals surface area contributed by atoms with Crippen molar-refractivity contribution < 1.29 is 20.1 Å². The van der Waals surface area contributed by atoms with Gasteiger partial charge in [-0.25, -0.2) is 0 Å². The molecule has 5 nitrogen and oxygen atoms in total. The third kappa shape index (κ3) is 3.90. The van der Waals surface area contributed by atoms with E-state index in [0.29, 0.717) is 5.56 Å². The average molecular weight is 306 g/mol. The molecule has 4 N–H and O–H groups in total. The van der Waals surface area contributed by atoms with Gasteiger partial charge < -0.3 is 20.6 Å². The van der Waals surface area contributed by atoms with Crippen molar-refractivity contribution in [3.63, 3.8) is 0 Å². The van der Waals surface area contributed by atoms with Gasteiger partial charge in [0.15, 0.2) is 11.5 Å². The number of phenols is 2. The van der Waals surface area contributed by atoms with Crippen LogP contribution in [-0.4, -0.2) is 28.3 Å². The van der Waals surface area contributed by atoms with E-state index in [4.69, 9.17) is 5.11 Å². The van der Waals surface area contributed by atoms with Gasteiger partial charge in [0.2, 0.25) is 0 Å². The predicted molar refractivity (Wildman–Crippen MR) is 68.3 cm³/mol. The lowest BCUT2D eigenvalue weighted by Gasteiger charge is -2.13. The molecule has 0 saturated heterocycles. The molecule has 0 heterocycles. The minimum atomic E-state index is -1.06. The summed E-state index contributed by atoms with van der Waals surface area (Å²) in [6.07, 6.45) is 0. The summed E-state index contributed by atoms with van der Waals surface area (Å²) in [5.74, 6) is -1.73. The summed E-state index contributed by atoms with van der Waals surface area (Å²) in [5, 5.41) is 30.0. The molecule has 1 unspecified atom stereocenters. The Morgan fingerprint density at radius 3 is 2.24 bits per heavy atom. The fourth-order valence-electron chi connectivity index (χ4n) is 1.20. The molecule has 6 heteroatoms. The number of aliphatic carboxylic acids is 1. The summed E-state index contributed by atoms with van der Waals surface area (Å²) in [6, 6.07) is 1.72. The molecule has 0 amide bonds. The second-order valence-corrected chi connectivity index (χ2v) is 3.78. The number of hydrogen-bond donors (Lipinski definition) is 4. The Balaban J connectivity index is 0.00000121. The van der Waals surface area contributed by atoms with E-state index >= 15 is 0 Å². The van der Waals surface area contributed by atoms with Crippen LogP contribution in [0.15, 0.2) is 16.6 Å². The summed E-state index contributed by atoms with van der Waals surface area (Å²) < 4.78 is 0.249. The zero-order chi connectivity index (χ0) is 13.6. The Bertz CT molecular complexity index is 372. The Kier molecular flexibility index (Phi) is 6.60. The number of likely N-dealkylation sites (N-methyl/N-ethyl adjacent to an activating group) is 1. The van der Waals surface area contributed by atoms with Crippen molar-refractivity contribution in [2.24, 2.45) is 0 Å². The highest BCUT2D eigenvalue weighted by molar-refractivity contribution is 9.10. The van der Waals surface area contributed by atoms with E-state index in [0.717, 1.165) is 0 Å². The van der Waals surface area contributed by atoms with Crippen LogP contribution in [0, 0.1) is 0 Å². The van der Waals surface area contributed by atoms with E-state index < -0.39 is 12.0 Å². The highest BCUT2D eigenvalue weighted by Crippen LogP contribution is 2.35. The number of carboxylic acid groups (broad SMARTS) is 1. The third-order valence-electron chi connectivity index (χ3n) is 1.93. The molecule has 0 bridgehead atoms. The minimum Gasteiger partial charge on any atom is -0.504 e. The Morgan fingerprint density at radius 2 is 1.88 bits per heavy atom. The Morgan fingerprint density at radius 1 is 1.35 bits per heavy atom. The van der Waals surface area contributed by atoms with Crippen molar-refractivity contribution in [1.82, 2.24) is 5.32 Å². The molecule has 0 radical (unpaired) electrons. The molecule has 0 spiro atoms. The maximum Gasteiger partial charge on any atom is 0.325 e. The number of halogens is 1. The van der Waals surface area contributed by atoms with Gasteiger partial charge in [0.05, 0.1) is 4.47 Å². The van der Waals surface area contributed by atoms with Gasteiger partial charge in [-0.15, -0.1) is 0 Å². The summed E-state index contributed by atoms with van der Waals surface area (Å²) in [5.41, 5.74) is 0.354. The number of hydrogen-bond acceptors (Lipinski definition) is 4. The van der Waals surface area contributed by atoms with Crippen LogP contribution in [0.1, 0.15) is 25.5 Å². The zero-order valence-corrected chi connectivity index (χ0v) is 11.4. The van der Waals surface area contributed by atoms with Crippen molar-refractivity contribution in [1.29, 1.82) is 0 Å². The molecule has 0 fully saturated rings. The molecular formula is C11H16BrNO4. The number of carbonyl (C=O) groups is 1. The molecule has 17 heavy (non-hydrogen) atoms. The van der Waals surface area contributed by atoms with Gasteiger partial charge in [0, 0.05) is 0 Å². The zero-order valence-electron chi connectivity index (χ0n) is 9.86. The normalized spacial score (nSPS) is 11.3. The fraction of sp³-hybridized carbons (Fsp3) is 0.364. The lowest BCUT2D eigenvalue weighted by molar-refractivity contribution is -0.139. The van der Waals surface area contributed by atoms with Gasteiger partial charge >= 0.3 is 5.97 Å². The first-order valence-corrected chi connectivity index (χ1v) is 5.88. The van der Waals surface area contributed by atoms with Gasteiger partial charge in [-0.2, -0.15) is 0 Å². The SMILES string of the molecule is CC.CNC(C(=O)O)c1cc(O)c(O)c(Br)c1. The molecule has 1 aromatic carbocycles. The highest BCUT2D eigenvalue weighted by Gasteiger charge is 2.20. The van der Waals surface area contributed by atoms with Crippen LogP contribution in [0.3, 0.4) is 0 Å².